The third-order valence-electron chi connectivity index (χ3n) is 8.68. The van der Waals surface area contributed by atoms with Crippen LogP contribution >= 0.6 is 11.8 Å². The van der Waals surface area contributed by atoms with Gasteiger partial charge in [0.2, 0.25) is 0 Å². The predicted molar refractivity (Wildman–Crippen MR) is 185 cm³/mol. The van der Waals surface area contributed by atoms with Gasteiger partial charge in [0, 0.05) is 5.92 Å². The minimum absolute atomic E-state index is 0.0856. The van der Waals surface area contributed by atoms with Crippen LogP contribution in [0.15, 0.2) is 140 Å². The molecular formula is C40H37NO4S. The molecule has 0 unspecified atom stereocenters. The lowest BCUT2D eigenvalue weighted by molar-refractivity contribution is -0.139. The maximum absolute atomic E-state index is 12.8. The van der Waals surface area contributed by atoms with Crippen molar-refractivity contribution in [2.24, 2.45) is 0 Å². The first-order chi connectivity index (χ1) is 22.6. The molecule has 0 heterocycles. The average Bonchev–Trinajstić information content (AvgIpc) is 3.43. The van der Waals surface area contributed by atoms with Crippen LogP contribution in [0.2, 0.25) is 0 Å². The summed E-state index contributed by atoms with van der Waals surface area (Å²) >= 11 is 1.85. The van der Waals surface area contributed by atoms with Gasteiger partial charge in [-0.2, -0.15) is 0 Å². The van der Waals surface area contributed by atoms with Crippen molar-refractivity contribution < 1.29 is 19.4 Å². The van der Waals surface area contributed by atoms with Gasteiger partial charge in [-0.05, 0) is 64.0 Å². The predicted octanol–water partition coefficient (Wildman–Crippen LogP) is 8.87. The molecule has 0 aromatic heterocycles. The van der Waals surface area contributed by atoms with Gasteiger partial charge in [0.25, 0.3) is 0 Å². The van der Waals surface area contributed by atoms with Crippen LogP contribution in [0.1, 0.15) is 53.0 Å². The van der Waals surface area contributed by atoms with Gasteiger partial charge in [0.15, 0.2) is 0 Å². The third kappa shape index (κ3) is 6.58. The van der Waals surface area contributed by atoms with Gasteiger partial charge in [0.05, 0.1) is 4.75 Å². The van der Waals surface area contributed by atoms with E-state index in [1.54, 1.807) is 0 Å². The summed E-state index contributed by atoms with van der Waals surface area (Å²) in [5.41, 5.74) is 8.09. The Balaban J connectivity index is 1.08. The fourth-order valence-electron chi connectivity index (χ4n) is 6.48. The van der Waals surface area contributed by atoms with Crippen LogP contribution in [0.5, 0.6) is 0 Å². The lowest BCUT2D eigenvalue weighted by Crippen LogP contribution is -2.41. The van der Waals surface area contributed by atoms with Crippen LogP contribution in [0.3, 0.4) is 0 Å². The second kappa shape index (κ2) is 14.5. The summed E-state index contributed by atoms with van der Waals surface area (Å²) in [6.45, 7) is 0.142. The van der Waals surface area contributed by atoms with Crippen molar-refractivity contribution in [2.75, 3.05) is 12.4 Å². The Bertz CT molecular complexity index is 1620. The number of alkyl carbamates (subject to hydrolysis) is 1. The van der Waals surface area contributed by atoms with E-state index in [9.17, 15) is 14.7 Å². The SMILES string of the molecule is O=C(N[C@@H](CCCCSC(c1ccccc1)(c1ccccc1)c1ccccc1)C(=O)O)OCC1c2ccccc2-c2ccccc21. The monoisotopic (exact) mass is 627 g/mol. The molecular weight excluding hydrogens is 591 g/mol. The zero-order valence-corrected chi connectivity index (χ0v) is 26.4. The molecule has 0 saturated carbocycles. The number of hydrogen-bond donors (Lipinski definition) is 2. The smallest absolute Gasteiger partial charge is 0.407 e. The van der Waals surface area contributed by atoms with E-state index in [0.717, 1.165) is 34.4 Å². The number of carbonyl (C=O) groups is 2. The molecule has 0 spiro atoms. The Hall–Kier alpha value is -4.81. The first kappa shape index (κ1) is 31.2. The molecule has 6 rings (SSSR count). The van der Waals surface area contributed by atoms with Gasteiger partial charge in [-0.25, -0.2) is 9.59 Å². The Labute approximate surface area is 274 Å². The van der Waals surface area contributed by atoms with Gasteiger partial charge in [-0.1, -0.05) is 140 Å². The van der Waals surface area contributed by atoms with Crippen molar-refractivity contribution in [3.8, 4) is 11.1 Å². The van der Waals surface area contributed by atoms with E-state index in [1.807, 2.05) is 54.2 Å². The summed E-state index contributed by atoms with van der Waals surface area (Å²) in [5, 5.41) is 12.5. The summed E-state index contributed by atoms with van der Waals surface area (Å²) in [6, 6.07) is 46.8. The van der Waals surface area contributed by atoms with Gasteiger partial charge >= 0.3 is 12.1 Å². The molecule has 0 fully saturated rings. The number of nitrogens with one attached hydrogen (secondary N) is 1. The first-order valence-electron chi connectivity index (χ1n) is 15.7. The third-order valence-corrected chi connectivity index (χ3v) is 10.3. The number of carbonyl (C=O) groups excluding carboxylic acids is 1. The Kier molecular flexibility index (Phi) is 9.85. The fraction of sp³-hybridized carbons (Fsp3) is 0.200. The second-order valence-corrected chi connectivity index (χ2v) is 12.8. The maximum Gasteiger partial charge on any atom is 0.407 e. The number of amides is 1. The number of thioether (sulfide) groups is 1. The molecule has 0 radical (unpaired) electrons. The summed E-state index contributed by atoms with van der Waals surface area (Å²) in [5.74, 6) is -0.346. The molecule has 0 saturated heterocycles. The minimum atomic E-state index is -1.06. The highest BCUT2D eigenvalue weighted by Crippen LogP contribution is 2.49. The van der Waals surface area contributed by atoms with E-state index in [0.29, 0.717) is 12.8 Å². The van der Waals surface area contributed by atoms with E-state index < -0.39 is 22.9 Å². The van der Waals surface area contributed by atoms with Crippen LogP contribution in [-0.2, 0) is 14.3 Å². The van der Waals surface area contributed by atoms with Gasteiger partial charge in [-0.15, -0.1) is 11.8 Å². The molecule has 46 heavy (non-hydrogen) atoms. The molecule has 1 atom stereocenters. The highest BCUT2D eigenvalue weighted by Gasteiger charge is 2.36. The number of fused-ring (bicyclic) bond motifs is 3. The summed E-state index contributed by atoms with van der Waals surface area (Å²) in [6.07, 6.45) is 1.03. The number of carboxylic acid groups (broad SMARTS) is 1. The van der Waals surface area contributed by atoms with Gasteiger partial charge in [-0.3, -0.25) is 0 Å². The Morgan fingerprint density at radius 3 is 1.61 bits per heavy atom. The van der Waals surface area contributed by atoms with Crippen molar-refractivity contribution in [2.45, 2.75) is 36.0 Å². The fourth-order valence-corrected chi connectivity index (χ4v) is 8.05. The number of aliphatic carboxylic acids is 1. The number of hydrogen-bond acceptors (Lipinski definition) is 4. The molecule has 0 bridgehead atoms. The van der Waals surface area contributed by atoms with Gasteiger partial charge < -0.3 is 15.2 Å². The van der Waals surface area contributed by atoms with Crippen LogP contribution < -0.4 is 5.32 Å². The Morgan fingerprint density at radius 2 is 1.13 bits per heavy atom. The lowest BCUT2D eigenvalue weighted by atomic mass is 9.84. The normalized spacial score (nSPS) is 13.0. The van der Waals surface area contributed by atoms with Crippen LogP contribution in [-0.4, -0.2) is 35.6 Å². The topological polar surface area (TPSA) is 75.6 Å². The quantitative estimate of drug-likeness (QED) is 0.101. The Morgan fingerprint density at radius 1 is 0.674 bits per heavy atom. The number of ether oxygens (including phenoxy) is 1. The van der Waals surface area contributed by atoms with Crippen molar-refractivity contribution in [3.05, 3.63) is 167 Å². The highest BCUT2D eigenvalue weighted by atomic mass is 32.2. The zero-order valence-electron chi connectivity index (χ0n) is 25.5. The molecule has 6 heteroatoms. The van der Waals surface area contributed by atoms with E-state index in [2.05, 4.69) is 102 Å². The first-order valence-corrected chi connectivity index (χ1v) is 16.7. The maximum atomic E-state index is 12.8. The molecule has 1 amide bonds. The lowest BCUT2D eigenvalue weighted by Gasteiger charge is -2.35. The number of unbranched alkanes of at least 4 members (excludes halogenated alkanes) is 1. The molecule has 5 aromatic rings. The number of benzene rings is 5. The van der Waals surface area contributed by atoms with E-state index in [1.165, 1.54) is 16.7 Å². The molecule has 5 nitrogen and oxygen atoms in total. The van der Waals surface area contributed by atoms with Gasteiger partial charge in [0.1, 0.15) is 12.6 Å². The van der Waals surface area contributed by atoms with Crippen LogP contribution in [0, 0.1) is 0 Å². The summed E-state index contributed by atoms with van der Waals surface area (Å²) in [7, 11) is 0. The zero-order chi connectivity index (χ0) is 31.8. The minimum Gasteiger partial charge on any atom is -0.480 e. The second-order valence-electron chi connectivity index (χ2n) is 11.5. The molecule has 5 aromatic carbocycles. The molecule has 2 N–H and O–H groups in total. The van der Waals surface area contributed by atoms with E-state index in [-0.39, 0.29) is 12.5 Å². The largest absolute Gasteiger partial charge is 0.480 e. The van der Waals surface area contributed by atoms with Crippen LogP contribution in [0.4, 0.5) is 4.79 Å². The van der Waals surface area contributed by atoms with Crippen LogP contribution in [0.25, 0.3) is 11.1 Å². The standard InChI is InChI=1S/C40H37NO4S/c42-38(43)37(41-39(44)45-28-36-34-24-12-10-22-32(34)33-23-11-13-25-35(33)36)26-14-15-27-46-40(29-16-4-1-5-17-29,30-18-6-2-7-19-30)31-20-8-3-9-21-31/h1-13,16-25,36-37H,14-15,26-28H2,(H,41,44)(H,42,43)/t37-/m0/s1. The molecule has 1 aliphatic rings. The van der Waals surface area contributed by atoms with E-state index >= 15 is 0 Å². The number of rotatable bonds is 13. The van der Waals surface area contributed by atoms with Crippen molar-refractivity contribution in [1.82, 2.24) is 5.32 Å². The summed E-state index contributed by atoms with van der Waals surface area (Å²) < 4.78 is 5.20. The summed E-state index contributed by atoms with van der Waals surface area (Å²) in [4.78, 5) is 25.0. The molecule has 232 valence electrons. The van der Waals surface area contributed by atoms with Crippen molar-refractivity contribution in [3.63, 3.8) is 0 Å². The highest BCUT2D eigenvalue weighted by molar-refractivity contribution is 8.00. The van der Waals surface area contributed by atoms with E-state index in [4.69, 9.17) is 4.74 Å². The molecule has 1 aliphatic carbocycles. The number of carboxylic acids is 1. The van der Waals surface area contributed by atoms with Crippen molar-refractivity contribution in [1.29, 1.82) is 0 Å². The average molecular weight is 628 g/mol. The van der Waals surface area contributed by atoms with Crippen molar-refractivity contribution >= 4 is 23.8 Å². The molecule has 0 aliphatic heterocycles.